The minimum atomic E-state index is -1.09. The molecule has 0 aliphatic carbocycles. The summed E-state index contributed by atoms with van der Waals surface area (Å²) < 4.78 is 11.9. The maximum absolute atomic E-state index is 6.33. The first-order chi connectivity index (χ1) is 9.63. The van der Waals surface area contributed by atoms with Gasteiger partial charge in [-0.2, -0.15) is 0 Å². The molecule has 1 fully saturated rings. The van der Waals surface area contributed by atoms with Gasteiger partial charge in [0.2, 0.25) is 5.79 Å². The Labute approximate surface area is 128 Å². The molecule has 0 bridgehead atoms. The fourth-order valence-corrected chi connectivity index (χ4v) is 3.06. The molecule has 0 spiro atoms. The third-order valence-electron chi connectivity index (χ3n) is 3.25. The van der Waals surface area contributed by atoms with E-state index in [1.165, 1.54) is 0 Å². The van der Waals surface area contributed by atoms with Gasteiger partial charge in [0.05, 0.1) is 28.3 Å². The fraction of sp³-hybridized carbons (Fsp3) is 0.188. The number of hydrogen-bond acceptors (Lipinski definition) is 2. The Morgan fingerprint density at radius 2 is 1.65 bits per heavy atom. The van der Waals surface area contributed by atoms with E-state index < -0.39 is 5.79 Å². The molecule has 0 amide bonds. The highest BCUT2D eigenvalue weighted by atomic mass is 35.5. The summed E-state index contributed by atoms with van der Waals surface area (Å²) in [5, 5.41) is 1.02. The van der Waals surface area contributed by atoms with E-state index >= 15 is 0 Å². The Bertz CT molecular complexity index is 595. The summed E-state index contributed by atoms with van der Waals surface area (Å²) >= 11 is 12.7. The minimum absolute atomic E-state index is 0.275. The van der Waals surface area contributed by atoms with E-state index in [1.54, 1.807) is 18.2 Å². The zero-order valence-electron chi connectivity index (χ0n) is 10.7. The average molecular weight is 308 g/mol. The van der Waals surface area contributed by atoms with E-state index in [1.807, 2.05) is 30.3 Å². The molecule has 20 heavy (non-hydrogen) atoms. The van der Waals surface area contributed by atoms with Crippen LogP contribution in [0.4, 0.5) is 0 Å². The van der Waals surface area contributed by atoms with E-state index in [0.717, 1.165) is 5.56 Å². The second kappa shape index (κ2) is 5.38. The van der Waals surface area contributed by atoms with E-state index in [2.05, 4.69) is 6.92 Å². The molecule has 0 aromatic heterocycles. The fourth-order valence-electron chi connectivity index (χ4n) is 2.41. The lowest BCUT2D eigenvalue weighted by molar-refractivity contribution is -0.137. The molecule has 1 aliphatic rings. The van der Waals surface area contributed by atoms with Gasteiger partial charge in [-0.3, -0.25) is 0 Å². The topological polar surface area (TPSA) is 18.5 Å². The smallest absolute Gasteiger partial charge is 0.225 e. The molecule has 1 saturated heterocycles. The van der Waals surface area contributed by atoms with Crippen molar-refractivity contribution in [3.05, 3.63) is 76.6 Å². The number of benzene rings is 2. The van der Waals surface area contributed by atoms with Gasteiger partial charge in [-0.15, -0.1) is 0 Å². The van der Waals surface area contributed by atoms with Crippen LogP contribution in [-0.4, -0.2) is 12.7 Å². The molecule has 2 aromatic carbocycles. The predicted octanol–water partition coefficient (Wildman–Crippen LogP) is 4.44. The second-order valence-electron chi connectivity index (χ2n) is 4.63. The molecule has 2 aromatic rings. The highest BCUT2D eigenvalue weighted by Gasteiger charge is 2.46. The molecule has 2 nitrogen and oxygen atoms in total. The lowest BCUT2D eigenvalue weighted by Gasteiger charge is -2.30. The van der Waals surface area contributed by atoms with Crippen LogP contribution in [0.5, 0.6) is 0 Å². The quantitative estimate of drug-likeness (QED) is 0.816. The van der Waals surface area contributed by atoms with Gasteiger partial charge in [-0.05, 0) is 19.1 Å². The molecule has 4 heteroatoms. The standard InChI is InChI=1S/C16H13Cl2O2/c1-11-10-19-16(20-11,12-6-3-2-4-7-12)15-13(17)8-5-9-14(15)18/h2-9,11H,1,10H2/t11-,16?/m0/s1. The molecule has 1 heterocycles. The second-order valence-corrected chi connectivity index (χ2v) is 5.44. The largest absolute Gasteiger partial charge is 0.339 e. The Morgan fingerprint density at radius 1 is 1.00 bits per heavy atom. The first-order valence-electron chi connectivity index (χ1n) is 6.28. The van der Waals surface area contributed by atoms with Crippen molar-refractivity contribution in [2.24, 2.45) is 0 Å². The highest BCUT2D eigenvalue weighted by molar-refractivity contribution is 6.36. The normalized spacial score (nSPS) is 25.9. The van der Waals surface area contributed by atoms with E-state index in [4.69, 9.17) is 32.7 Å². The van der Waals surface area contributed by atoms with Crippen molar-refractivity contribution in [3.63, 3.8) is 0 Å². The van der Waals surface area contributed by atoms with Crippen LogP contribution in [0.2, 0.25) is 10.0 Å². The lowest BCUT2D eigenvalue weighted by atomic mass is 9.97. The summed E-state index contributed by atoms with van der Waals surface area (Å²) in [4.78, 5) is 0. The Hall–Kier alpha value is -1.06. The summed E-state index contributed by atoms with van der Waals surface area (Å²) in [6.45, 7) is 4.30. The van der Waals surface area contributed by atoms with Crippen LogP contribution in [0.15, 0.2) is 48.5 Å². The van der Waals surface area contributed by atoms with Gasteiger partial charge in [-0.1, -0.05) is 59.6 Å². The van der Waals surface area contributed by atoms with Crippen LogP contribution in [0.3, 0.4) is 0 Å². The summed E-state index contributed by atoms with van der Waals surface area (Å²) in [7, 11) is 0. The first-order valence-corrected chi connectivity index (χ1v) is 7.04. The monoisotopic (exact) mass is 307 g/mol. The van der Waals surface area contributed by atoms with Crippen molar-refractivity contribution in [2.75, 3.05) is 6.61 Å². The van der Waals surface area contributed by atoms with E-state index in [9.17, 15) is 0 Å². The molecule has 103 valence electrons. The number of halogens is 2. The van der Waals surface area contributed by atoms with Crippen molar-refractivity contribution in [3.8, 4) is 0 Å². The number of rotatable bonds is 2. The van der Waals surface area contributed by atoms with Crippen molar-refractivity contribution < 1.29 is 9.47 Å². The van der Waals surface area contributed by atoms with Gasteiger partial charge < -0.3 is 9.47 Å². The maximum atomic E-state index is 6.33. The average Bonchev–Trinajstić information content (AvgIpc) is 2.83. The molecule has 0 saturated carbocycles. The third-order valence-corrected chi connectivity index (χ3v) is 3.88. The minimum Gasteiger partial charge on any atom is -0.339 e. The predicted molar refractivity (Wildman–Crippen MR) is 79.9 cm³/mol. The third kappa shape index (κ3) is 2.23. The zero-order chi connectivity index (χ0) is 14.2. The molecular weight excluding hydrogens is 295 g/mol. The SMILES string of the molecule is [CH2][C@H]1COC(c2ccccc2)(c2c(Cl)cccc2Cl)O1. The van der Waals surface area contributed by atoms with Crippen LogP contribution in [0.25, 0.3) is 0 Å². The first kappa shape index (κ1) is 13.9. The van der Waals surface area contributed by atoms with E-state index in [0.29, 0.717) is 22.2 Å². The Kier molecular flexibility index (Phi) is 3.74. The number of hydrogen-bond donors (Lipinski definition) is 0. The van der Waals surface area contributed by atoms with Gasteiger partial charge in [0.1, 0.15) is 0 Å². The van der Waals surface area contributed by atoms with Crippen LogP contribution in [-0.2, 0) is 15.3 Å². The molecule has 1 unspecified atom stereocenters. The van der Waals surface area contributed by atoms with Gasteiger partial charge in [-0.25, -0.2) is 0 Å². The van der Waals surface area contributed by atoms with Crippen molar-refractivity contribution in [1.82, 2.24) is 0 Å². The zero-order valence-corrected chi connectivity index (χ0v) is 12.2. The molecular formula is C16H13Cl2O2. The summed E-state index contributed by atoms with van der Waals surface area (Å²) in [5.74, 6) is -1.09. The summed E-state index contributed by atoms with van der Waals surface area (Å²) in [6, 6.07) is 15.0. The van der Waals surface area contributed by atoms with Gasteiger partial charge in [0.25, 0.3) is 0 Å². The molecule has 1 radical (unpaired) electrons. The molecule has 0 N–H and O–H groups in total. The molecule has 2 atom stereocenters. The van der Waals surface area contributed by atoms with Crippen LogP contribution < -0.4 is 0 Å². The van der Waals surface area contributed by atoms with Crippen LogP contribution in [0.1, 0.15) is 11.1 Å². The molecule has 1 aliphatic heterocycles. The van der Waals surface area contributed by atoms with Crippen LogP contribution in [0, 0.1) is 6.92 Å². The highest BCUT2D eigenvalue weighted by Crippen LogP contribution is 2.46. The van der Waals surface area contributed by atoms with Gasteiger partial charge in [0, 0.05) is 5.56 Å². The maximum Gasteiger partial charge on any atom is 0.225 e. The Balaban J connectivity index is 2.22. The lowest BCUT2D eigenvalue weighted by Crippen LogP contribution is -2.30. The number of ether oxygens (including phenoxy) is 2. The van der Waals surface area contributed by atoms with Crippen LogP contribution >= 0.6 is 23.2 Å². The van der Waals surface area contributed by atoms with Crippen molar-refractivity contribution in [1.29, 1.82) is 0 Å². The van der Waals surface area contributed by atoms with Gasteiger partial charge in [0.15, 0.2) is 0 Å². The van der Waals surface area contributed by atoms with Gasteiger partial charge >= 0.3 is 0 Å². The Morgan fingerprint density at radius 3 is 2.20 bits per heavy atom. The summed E-state index contributed by atoms with van der Waals surface area (Å²) in [6.07, 6.45) is -0.275. The molecule has 3 rings (SSSR count). The van der Waals surface area contributed by atoms with Crippen molar-refractivity contribution >= 4 is 23.2 Å². The van der Waals surface area contributed by atoms with Crippen molar-refractivity contribution in [2.45, 2.75) is 11.9 Å². The van der Waals surface area contributed by atoms with E-state index in [-0.39, 0.29) is 6.10 Å². The summed E-state index contributed by atoms with van der Waals surface area (Å²) in [5.41, 5.74) is 1.47.